The van der Waals surface area contributed by atoms with Gasteiger partial charge >= 0.3 is 0 Å². The first-order valence-corrected chi connectivity index (χ1v) is 9.34. The molecule has 4 atom stereocenters. The van der Waals surface area contributed by atoms with E-state index in [9.17, 15) is 9.59 Å². The quantitative estimate of drug-likeness (QED) is 0.641. The van der Waals surface area contributed by atoms with Crippen molar-refractivity contribution in [2.75, 3.05) is 4.90 Å². The molecule has 0 aromatic heterocycles. The summed E-state index contributed by atoms with van der Waals surface area (Å²) in [7, 11) is 0. The first-order chi connectivity index (χ1) is 12.1. The molecule has 0 spiro atoms. The van der Waals surface area contributed by atoms with Gasteiger partial charge in [0.05, 0.1) is 17.5 Å². The summed E-state index contributed by atoms with van der Waals surface area (Å²) in [6, 6.07) is 15.3. The normalized spacial score (nSPS) is 29.5. The van der Waals surface area contributed by atoms with E-state index in [2.05, 4.69) is 15.9 Å². The molecule has 1 saturated heterocycles. The van der Waals surface area contributed by atoms with E-state index in [0.29, 0.717) is 10.7 Å². The van der Waals surface area contributed by atoms with Crippen molar-refractivity contribution < 1.29 is 9.59 Å². The van der Waals surface area contributed by atoms with Gasteiger partial charge in [0.2, 0.25) is 11.8 Å². The molecular formula is C20H13BrClNO2. The minimum Gasteiger partial charge on any atom is -0.274 e. The van der Waals surface area contributed by atoms with Gasteiger partial charge in [0.25, 0.3) is 0 Å². The largest absolute Gasteiger partial charge is 0.274 e. The predicted octanol–water partition coefficient (Wildman–Crippen LogP) is 4.57. The third-order valence-electron chi connectivity index (χ3n) is 5.54. The number of hydrogen-bond acceptors (Lipinski definition) is 2. The first kappa shape index (κ1) is 15.4. The van der Waals surface area contributed by atoms with Crippen LogP contribution in [0, 0.1) is 11.8 Å². The number of carbonyl (C=O) groups excluding carboxylic acids is 2. The molecule has 4 aliphatic rings. The van der Waals surface area contributed by atoms with Crippen LogP contribution >= 0.6 is 27.5 Å². The molecule has 2 aromatic rings. The fraction of sp³-hybridized carbons (Fsp3) is 0.200. The van der Waals surface area contributed by atoms with Gasteiger partial charge in [-0.15, -0.1) is 0 Å². The van der Waals surface area contributed by atoms with Gasteiger partial charge < -0.3 is 0 Å². The Balaban J connectivity index is 1.66. The molecule has 3 aliphatic carbocycles. The van der Waals surface area contributed by atoms with Gasteiger partial charge in [-0.05, 0) is 29.3 Å². The SMILES string of the molecule is O=C1[C@@H]2[C@H](C(=O)N1c1cccc(Br)c1)[C@@H]1C(Cl)=C[C@H]2c2ccccc21. The summed E-state index contributed by atoms with van der Waals surface area (Å²) in [5.74, 6) is -1.41. The highest BCUT2D eigenvalue weighted by molar-refractivity contribution is 9.10. The number of rotatable bonds is 1. The zero-order valence-electron chi connectivity index (χ0n) is 13.0. The highest BCUT2D eigenvalue weighted by atomic mass is 79.9. The molecule has 1 fully saturated rings. The van der Waals surface area contributed by atoms with Crippen molar-refractivity contribution in [2.45, 2.75) is 11.8 Å². The number of imide groups is 1. The van der Waals surface area contributed by atoms with Crippen LogP contribution in [0.4, 0.5) is 5.69 Å². The van der Waals surface area contributed by atoms with Gasteiger partial charge in [-0.3, -0.25) is 9.59 Å². The first-order valence-electron chi connectivity index (χ1n) is 8.17. The number of nitrogens with zero attached hydrogens (tertiary/aromatic N) is 1. The highest BCUT2D eigenvalue weighted by Crippen LogP contribution is 2.59. The fourth-order valence-electron chi connectivity index (χ4n) is 4.58. The topological polar surface area (TPSA) is 37.4 Å². The van der Waals surface area contributed by atoms with E-state index < -0.39 is 5.92 Å². The number of benzene rings is 2. The van der Waals surface area contributed by atoms with E-state index in [-0.39, 0.29) is 29.6 Å². The molecule has 2 aromatic carbocycles. The molecule has 0 radical (unpaired) electrons. The Morgan fingerprint density at radius 3 is 2.40 bits per heavy atom. The number of allylic oxidation sites excluding steroid dienone is 2. The van der Waals surface area contributed by atoms with Crippen LogP contribution in [0.3, 0.4) is 0 Å². The van der Waals surface area contributed by atoms with Crippen LogP contribution in [0.2, 0.25) is 0 Å². The average Bonchev–Trinajstić information content (AvgIpc) is 2.87. The minimum atomic E-state index is -0.413. The number of carbonyl (C=O) groups is 2. The zero-order valence-corrected chi connectivity index (χ0v) is 15.4. The van der Waals surface area contributed by atoms with Crippen molar-refractivity contribution in [2.24, 2.45) is 11.8 Å². The van der Waals surface area contributed by atoms with Gasteiger partial charge in [0.15, 0.2) is 0 Å². The lowest BCUT2D eigenvalue weighted by molar-refractivity contribution is -0.122. The van der Waals surface area contributed by atoms with Gasteiger partial charge in [-0.2, -0.15) is 0 Å². The van der Waals surface area contributed by atoms with Crippen molar-refractivity contribution in [3.05, 3.63) is 75.2 Å². The van der Waals surface area contributed by atoms with Crippen LogP contribution in [0.25, 0.3) is 0 Å². The molecule has 3 nitrogen and oxygen atoms in total. The second-order valence-electron chi connectivity index (χ2n) is 6.73. The lowest BCUT2D eigenvalue weighted by atomic mass is 9.60. The fourth-order valence-corrected chi connectivity index (χ4v) is 5.36. The molecule has 2 amide bonds. The van der Waals surface area contributed by atoms with Gasteiger partial charge in [0, 0.05) is 21.3 Å². The predicted molar refractivity (Wildman–Crippen MR) is 99.5 cm³/mol. The van der Waals surface area contributed by atoms with Crippen molar-refractivity contribution >= 4 is 45.0 Å². The summed E-state index contributed by atoms with van der Waals surface area (Å²) in [6.07, 6.45) is 1.96. The Bertz CT molecular complexity index is 970. The Hall–Kier alpha value is -1.91. The third kappa shape index (κ3) is 1.98. The lowest BCUT2D eigenvalue weighted by Gasteiger charge is -2.42. The van der Waals surface area contributed by atoms with Gasteiger partial charge in [-0.1, -0.05) is 63.9 Å². The van der Waals surface area contributed by atoms with E-state index >= 15 is 0 Å². The highest BCUT2D eigenvalue weighted by Gasteiger charge is 2.60. The monoisotopic (exact) mass is 413 g/mol. The molecule has 1 aliphatic heterocycles. The van der Waals surface area contributed by atoms with Crippen molar-refractivity contribution in [1.29, 1.82) is 0 Å². The molecule has 1 heterocycles. The Kier molecular flexibility index (Phi) is 3.25. The summed E-state index contributed by atoms with van der Waals surface area (Å²) >= 11 is 9.93. The summed E-state index contributed by atoms with van der Waals surface area (Å²) in [5, 5.41) is 0.683. The standard InChI is InChI=1S/C20H13BrClNO2/c21-10-4-3-5-11(8-10)23-19(24)17-14-9-15(22)16(18(17)20(23)25)13-7-2-1-6-12(13)14/h1-9,14,16-18H/t14-,16-,17-,18+/m0/s1. The van der Waals surface area contributed by atoms with Crippen LogP contribution < -0.4 is 4.90 Å². The molecule has 6 rings (SSSR count). The van der Waals surface area contributed by atoms with Crippen molar-refractivity contribution in [3.63, 3.8) is 0 Å². The molecule has 124 valence electrons. The maximum Gasteiger partial charge on any atom is 0.238 e. The van der Waals surface area contributed by atoms with E-state index in [1.54, 1.807) is 12.1 Å². The smallest absolute Gasteiger partial charge is 0.238 e. The molecule has 0 N–H and O–H groups in total. The molecule has 0 saturated carbocycles. The summed E-state index contributed by atoms with van der Waals surface area (Å²) in [4.78, 5) is 27.7. The summed E-state index contributed by atoms with van der Waals surface area (Å²) in [6.45, 7) is 0. The molecule has 25 heavy (non-hydrogen) atoms. The van der Waals surface area contributed by atoms with Crippen molar-refractivity contribution in [3.8, 4) is 0 Å². The maximum absolute atomic E-state index is 13.2. The number of hydrogen-bond donors (Lipinski definition) is 0. The second kappa shape index (κ2) is 5.29. The summed E-state index contributed by atoms with van der Waals surface area (Å²) < 4.78 is 0.836. The average molecular weight is 415 g/mol. The summed E-state index contributed by atoms with van der Waals surface area (Å²) in [5.41, 5.74) is 2.81. The molecule has 0 unspecified atom stereocenters. The number of halogens is 2. The van der Waals surface area contributed by atoms with E-state index in [4.69, 9.17) is 11.6 Å². The lowest BCUT2D eigenvalue weighted by Crippen LogP contribution is -2.38. The Morgan fingerprint density at radius 1 is 0.920 bits per heavy atom. The number of anilines is 1. The molecule has 5 heteroatoms. The van der Waals surface area contributed by atoms with Crippen LogP contribution in [0.1, 0.15) is 23.0 Å². The van der Waals surface area contributed by atoms with E-state index in [0.717, 1.165) is 15.6 Å². The Morgan fingerprint density at radius 2 is 1.64 bits per heavy atom. The van der Waals surface area contributed by atoms with Crippen LogP contribution in [0.5, 0.6) is 0 Å². The van der Waals surface area contributed by atoms with Crippen LogP contribution in [-0.4, -0.2) is 11.8 Å². The molecular weight excluding hydrogens is 402 g/mol. The molecule has 2 bridgehead atoms. The van der Waals surface area contributed by atoms with E-state index in [1.807, 2.05) is 42.5 Å². The Labute approximate surface area is 158 Å². The van der Waals surface area contributed by atoms with Gasteiger partial charge in [-0.25, -0.2) is 4.90 Å². The van der Waals surface area contributed by atoms with E-state index in [1.165, 1.54) is 4.90 Å². The second-order valence-corrected chi connectivity index (χ2v) is 8.08. The zero-order chi connectivity index (χ0) is 17.3. The van der Waals surface area contributed by atoms with Crippen molar-refractivity contribution in [1.82, 2.24) is 0 Å². The maximum atomic E-state index is 13.2. The van der Waals surface area contributed by atoms with Crippen LogP contribution in [-0.2, 0) is 9.59 Å². The van der Waals surface area contributed by atoms with Gasteiger partial charge in [0.1, 0.15) is 0 Å². The number of amides is 2. The van der Waals surface area contributed by atoms with Crippen LogP contribution in [0.15, 0.2) is 64.1 Å². The minimum absolute atomic E-state index is 0.127. The third-order valence-corrected chi connectivity index (χ3v) is 6.39.